The van der Waals surface area contributed by atoms with Gasteiger partial charge in [0.1, 0.15) is 22.8 Å². The fourth-order valence-corrected chi connectivity index (χ4v) is 1.33. The molecule has 5 heteroatoms. The molecule has 0 radical (unpaired) electrons. The summed E-state index contributed by atoms with van der Waals surface area (Å²) in [6.07, 6.45) is -2.92. The van der Waals surface area contributed by atoms with Crippen molar-refractivity contribution in [2.24, 2.45) is 0 Å². The highest BCUT2D eigenvalue weighted by Crippen LogP contribution is 2.30. The average molecular weight is 213 g/mol. The van der Waals surface area contributed by atoms with E-state index in [1.165, 1.54) is 12.1 Å². The molecule has 0 aliphatic carbocycles. The number of pyridine rings is 1. The standard InChI is InChI=1S/C10H6F3NO/c11-6-3-1-2-5-4-7(15)9(10(12)13)14-8(5)6/h1-4,10,15H. The summed E-state index contributed by atoms with van der Waals surface area (Å²) in [7, 11) is 0. The fraction of sp³-hybridized carbons (Fsp3) is 0.100. The molecule has 0 unspecified atom stereocenters. The van der Waals surface area contributed by atoms with E-state index in [0.717, 1.165) is 12.1 Å². The first-order valence-electron chi connectivity index (χ1n) is 4.16. The second kappa shape index (κ2) is 3.42. The molecule has 0 amide bonds. The Balaban J connectivity index is 2.78. The molecule has 1 aromatic heterocycles. The van der Waals surface area contributed by atoms with Crippen LogP contribution in [0.2, 0.25) is 0 Å². The van der Waals surface area contributed by atoms with Gasteiger partial charge in [-0.25, -0.2) is 18.2 Å². The third kappa shape index (κ3) is 1.60. The van der Waals surface area contributed by atoms with Gasteiger partial charge in [0.05, 0.1) is 0 Å². The molecule has 0 aliphatic heterocycles. The van der Waals surface area contributed by atoms with Crippen molar-refractivity contribution in [1.82, 2.24) is 4.98 Å². The number of fused-ring (bicyclic) bond motifs is 1. The van der Waals surface area contributed by atoms with Gasteiger partial charge in [0.15, 0.2) is 0 Å². The molecule has 2 aromatic rings. The van der Waals surface area contributed by atoms with Gasteiger partial charge in [-0.05, 0) is 12.1 Å². The van der Waals surface area contributed by atoms with Crippen molar-refractivity contribution in [3.05, 3.63) is 35.8 Å². The Morgan fingerprint density at radius 2 is 2.00 bits per heavy atom. The summed E-state index contributed by atoms with van der Waals surface area (Å²) in [5.41, 5.74) is -0.960. The first-order valence-corrected chi connectivity index (χ1v) is 4.16. The van der Waals surface area contributed by atoms with Gasteiger partial charge in [-0.3, -0.25) is 0 Å². The van der Waals surface area contributed by atoms with Crippen LogP contribution in [-0.4, -0.2) is 10.1 Å². The predicted octanol–water partition coefficient (Wildman–Crippen LogP) is 3.02. The summed E-state index contributed by atoms with van der Waals surface area (Å²) in [4.78, 5) is 3.40. The number of halogens is 3. The first-order chi connectivity index (χ1) is 7.09. The van der Waals surface area contributed by atoms with E-state index in [9.17, 15) is 18.3 Å². The Labute approximate surface area is 83.0 Å². The van der Waals surface area contributed by atoms with E-state index in [1.807, 2.05) is 0 Å². The van der Waals surface area contributed by atoms with Gasteiger partial charge in [0.25, 0.3) is 6.43 Å². The highest BCUT2D eigenvalue weighted by atomic mass is 19.3. The summed E-state index contributed by atoms with van der Waals surface area (Å²) in [6, 6.07) is 5.11. The zero-order chi connectivity index (χ0) is 11.0. The van der Waals surface area contributed by atoms with E-state index in [1.54, 1.807) is 0 Å². The lowest BCUT2D eigenvalue weighted by Crippen LogP contribution is -1.93. The average Bonchev–Trinajstić information content (AvgIpc) is 2.16. The van der Waals surface area contributed by atoms with Gasteiger partial charge in [0.2, 0.25) is 0 Å². The number of para-hydroxylation sites is 1. The highest BCUT2D eigenvalue weighted by Gasteiger charge is 2.16. The second-order valence-electron chi connectivity index (χ2n) is 3.00. The summed E-state index contributed by atoms with van der Waals surface area (Å²) in [6.45, 7) is 0. The third-order valence-electron chi connectivity index (χ3n) is 2.01. The zero-order valence-corrected chi connectivity index (χ0v) is 7.42. The van der Waals surface area contributed by atoms with Crippen molar-refractivity contribution in [2.75, 3.05) is 0 Å². The van der Waals surface area contributed by atoms with E-state index in [4.69, 9.17) is 0 Å². The van der Waals surface area contributed by atoms with Crippen LogP contribution in [0.1, 0.15) is 12.1 Å². The molecular weight excluding hydrogens is 207 g/mol. The molecule has 2 nitrogen and oxygen atoms in total. The van der Waals surface area contributed by atoms with Crippen LogP contribution in [-0.2, 0) is 0 Å². The van der Waals surface area contributed by atoms with Crippen LogP contribution in [0.5, 0.6) is 5.75 Å². The molecule has 2 rings (SSSR count). The van der Waals surface area contributed by atoms with Crippen LogP contribution >= 0.6 is 0 Å². The number of rotatable bonds is 1. The van der Waals surface area contributed by atoms with Crippen LogP contribution in [0.4, 0.5) is 13.2 Å². The van der Waals surface area contributed by atoms with Crippen LogP contribution in [0.3, 0.4) is 0 Å². The second-order valence-corrected chi connectivity index (χ2v) is 3.00. The number of aromatic hydroxyl groups is 1. The quantitative estimate of drug-likeness (QED) is 0.789. The van der Waals surface area contributed by atoms with Crippen molar-refractivity contribution in [3.63, 3.8) is 0 Å². The Kier molecular flexibility index (Phi) is 2.22. The Morgan fingerprint density at radius 1 is 1.27 bits per heavy atom. The van der Waals surface area contributed by atoms with Gasteiger partial charge >= 0.3 is 0 Å². The van der Waals surface area contributed by atoms with Gasteiger partial charge in [0, 0.05) is 5.39 Å². The van der Waals surface area contributed by atoms with E-state index in [-0.39, 0.29) is 10.9 Å². The van der Waals surface area contributed by atoms with Crippen molar-refractivity contribution < 1.29 is 18.3 Å². The molecule has 1 heterocycles. The highest BCUT2D eigenvalue weighted by molar-refractivity contribution is 5.80. The molecule has 0 atom stereocenters. The Hall–Kier alpha value is -1.78. The molecule has 1 N–H and O–H groups in total. The molecule has 15 heavy (non-hydrogen) atoms. The van der Waals surface area contributed by atoms with Crippen molar-refractivity contribution in [1.29, 1.82) is 0 Å². The molecular formula is C10H6F3NO. The number of hydrogen-bond donors (Lipinski definition) is 1. The number of hydrogen-bond acceptors (Lipinski definition) is 2. The minimum atomic E-state index is -2.92. The maximum absolute atomic E-state index is 13.2. The van der Waals surface area contributed by atoms with Crippen molar-refractivity contribution >= 4 is 10.9 Å². The molecule has 0 saturated carbocycles. The topological polar surface area (TPSA) is 33.1 Å². The monoisotopic (exact) mass is 213 g/mol. The summed E-state index contributed by atoms with van der Waals surface area (Å²) < 4.78 is 37.9. The van der Waals surface area contributed by atoms with Crippen LogP contribution in [0, 0.1) is 5.82 Å². The van der Waals surface area contributed by atoms with Crippen molar-refractivity contribution in [3.8, 4) is 5.75 Å². The lowest BCUT2D eigenvalue weighted by Gasteiger charge is -2.05. The van der Waals surface area contributed by atoms with E-state index in [0.29, 0.717) is 0 Å². The first kappa shape index (κ1) is 9.76. The van der Waals surface area contributed by atoms with E-state index >= 15 is 0 Å². The van der Waals surface area contributed by atoms with Gasteiger partial charge in [-0.15, -0.1) is 0 Å². The summed E-state index contributed by atoms with van der Waals surface area (Å²) in [5.74, 6) is -1.31. The number of aromatic nitrogens is 1. The molecule has 0 fully saturated rings. The minimum Gasteiger partial charge on any atom is -0.506 e. The lowest BCUT2D eigenvalue weighted by atomic mass is 10.2. The Morgan fingerprint density at radius 3 is 2.67 bits per heavy atom. The van der Waals surface area contributed by atoms with E-state index < -0.39 is 23.7 Å². The third-order valence-corrected chi connectivity index (χ3v) is 2.01. The van der Waals surface area contributed by atoms with Gasteiger partial charge in [-0.1, -0.05) is 12.1 Å². The van der Waals surface area contributed by atoms with Crippen molar-refractivity contribution in [2.45, 2.75) is 6.43 Å². The molecule has 1 aromatic carbocycles. The Bertz CT molecular complexity index is 513. The summed E-state index contributed by atoms with van der Waals surface area (Å²) >= 11 is 0. The maximum atomic E-state index is 13.2. The molecule has 0 bridgehead atoms. The molecule has 78 valence electrons. The SMILES string of the molecule is Oc1cc2cccc(F)c2nc1C(F)F. The molecule has 0 spiro atoms. The molecule has 0 aliphatic rings. The fourth-order valence-electron chi connectivity index (χ4n) is 1.33. The van der Waals surface area contributed by atoms with Crippen LogP contribution in [0.25, 0.3) is 10.9 Å². The van der Waals surface area contributed by atoms with E-state index in [2.05, 4.69) is 4.98 Å². The van der Waals surface area contributed by atoms with Crippen LogP contribution in [0.15, 0.2) is 24.3 Å². The lowest BCUT2D eigenvalue weighted by molar-refractivity contribution is 0.142. The normalized spacial score (nSPS) is 11.2. The minimum absolute atomic E-state index is 0.161. The zero-order valence-electron chi connectivity index (χ0n) is 7.42. The van der Waals surface area contributed by atoms with Gasteiger partial charge < -0.3 is 5.11 Å². The largest absolute Gasteiger partial charge is 0.506 e. The predicted molar refractivity (Wildman–Crippen MR) is 48.3 cm³/mol. The smallest absolute Gasteiger partial charge is 0.284 e. The summed E-state index contributed by atoms with van der Waals surface area (Å²) in [5, 5.41) is 9.49. The number of nitrogens with zero attached hydrogens (tertiary/aromatic N) is 1. The van der Waals surface area contributed by atoms with Crippen LogP contribution < -0.4 is 0 Å². The molecule has 0 saturated heterocycles. The number of benzene rings is 1. The van der Waals surface area contributed by atoms with Gasteiger partial charge in [-0.2, -0.15) is 0 Å². The maximum Gasteiger partial charge on any atom is 0.284 e. The number of alkyl halides is 2.